The van der Waals surface area contributed by atoms with E-state index in [2.05, 4.69) is 25.3 Å². The highest BCUT2D eigenvalue weighted by Gasteiger charge is 2.16. The van der Waals surface area contributed by atoms with E-state index in [1.807, 2.05) is 42.5 Å². The van der Waals surface area contributed by atoms with Gasteiger partial charge in [-0.05, 0) is 36.7 Å². The smallest absolute Gasteiger partial charge is 0.190 e. The van der Waals surface area contributed by atoms with Crippen molar-refractivity contribution in [3.8, 4) is 0 Å². The average Bonchev–Trinajstić information content (AvgIpc) is 2.62. The number of benzene rings is 2. The Balaban J connectivity index is 2.13. The molecular formula is C22H29NO. The van der Waals surface area contributed by atoms with E-state index in [4.69, 9.17) is 0 Å². The summed E-state index contributed by atoms with van der Waals surface area (Å²) in [6.07, 6.45) is 4.68. The van der Waals surface area contributed by atoms with Crippen molar-refractivity contribution >= 4 is 16.6 Å². The lowest BCUT2D eigenvalue weighted by molar-refractivity contribution is 0.102. The third-order valence-corrected chi connectivity index (χ3v) is 4.43. The highest BCUT2D eigenvalue weighted by molar-refractivity contribution is 6.16. The third-order valence-electron chi connectivity index (χ3n) is 4.43. The molecule has 0 saturated carbocycles. The van der Waals surface area contributed by atoms with E-state index < -0.39 is 0 Å². The second kappa shape index (κ2) is 9.39. The van der Waals surface area contributed by atoms with Crippen LogP contribution in [-0.4, -0.2) is 30.3 Å². The molecule has 0 saturated heterocycles. The molecule has 0 bridgehead atoms. The standard InChI is InChI=1S/C22H29NO/c1-4-6-15-23(16-7-5-2)17-18(3)22(24)21-14-10-12-19-11-8-9-13-20(19)21/h8-14H,3-7,15-17H2,1-2H3. The number of carbonyl (C=O) groups excluding carboxylic acids is 1. The first-order valence-electron chi connectivity index (χ1n) is 9.10. The fraction of sp³-hybridized carbons (Fsp3) is 0.409. The van der Waals surface area contributed by atoms with Gasteiger partial charge in [0.15, 0.2) is 5.78 Å². The van der Waals surface area contributed by atoms with Gasteiger partial charge >= 0.3 is 0 Å². The van der Waals surface area contributed by atoms with Crippen LogP contribution in [0.3, 0.4) is 0 Å². The van der Waals surface area contributed by atoms with Crippen LogP contribution in [0, 0.1) is 0 Å². The zero-order valence-electron chi connectivity index (χ0n) is 15.1. The molecule has 2 heteroatoms. The first-order valence-corrected chi connectivity index (χ1v) is 9.10. The summed E-state index contributed by atoms with van der Waals surface area (Å²) >= 11 is 0. The number of ketones is 1. The maximum absolute atomic E-state index is 12.9. The molecule has 0 aromatic heterocycles. The van der Waals surface area contributed by atoms with Crippen LogP contribution in [0.5, 0.6) is 0 Å². The maximum Gasteiger partial charge on any atom is 0.190 e. The van der Waals surface area contributed by atoms with Crippen molar-refractivity contribution < 1.29 is 4.79 Å². The van der Waals surface area contributed by atoms with Crippen LogP contribution in [0.15, 0.2) is 54.6 Å². The lowest BCUT2D eigenvalue weighted by Gasteiger charge is -2.22. The summed E-state index contributed by atoms with van der Waals surface area (Å²) in [6.45, 7) is 11.3. The van der Waals surface area contributed by atoms with Gasteiger partial charge in [0.25, 0.3) is 0 Å². The zero-order valence-corrected chi connectivity index (χ0v) is 15.1. The van der Waals surface area contributed by atoms with E-state index >= 15 is 0 Å². The molecule has 0 aliphatic rings. The van der Waals surface area contributed by atoms with Gasteiger partial charge in [0.05, 0.1) is 0 Å². The summed E-state index contributed by atoms with van der Waals surface area (Å²) in [7, 11) is 0. The van der Waals surface area contributed by atoms with Crippen molar-refractivity contribution in [2.75, 3.05) is 19.6 Å². The molecule has 0 radical (unpaired) electrons. The van der Waals surface area contributed by atoms with E-state index in [9.17, 15) is 4.79 Å². The Morgan fingerprint density at radius 1 is 0.958 bits per heavy atom. The van der Waals surface area contributed by atoms with Gasteiger partial charge in [-0.25, -0.2) is 0 Å². The van der Waals surface area contributed by atoms with Crippen molar-refractivity contribution in [3.05, 3.63) is 60.2 Å². The van der Waals surface area contributed by atoms with Crippen molar-refractivity contribution in [3.63, 3.8) is 0 Å². The first kappa shape index (κ1) is 18.4. The average molecular weight is 323 g/mol. The number of fused-ring (bicyclic) bond motifs is 1. The number of hydrogen-bond donors (Lipinski definition) is 0. The predicted molar refractivity (Wildman–Crippen MR) is 104 cm³/mol. The molecule has 0 aliphatic carbocycles. The topological polar surface area (TPSA) is 20.3 Å². The van der Waals surface area contributed by atoms with Gasteiger partial charge in [-0.3, -0.25) is 9.69 Å². The molecule has 2 rings (SSSR count). The second-order valence-corrected chi connectivity index (χ2v) is 6.44. The minimum absolute atomic E-state index is 0.0739. The molecule has 0 heterocycles. The van der Waals surface area contributed by atoms with Crippen LogP contribution >= 0.6 is 0 Å². The lowest BCUT2D eigenvalue weighted by Crippen LogP contribution is -2.30. The fourth-order valence-electron chi connectivity index (χ4n) is 2.99. The van der Waals surface area contributed by atoms with Crippen LogP contribution in [-0.2, 0) is 0 Å². The molecule has 0 N–H and O–H groups in total. The summed E-state index contributed by atoms with van der Waals surface area (Å²) < 4.78 is 0. The maximum atomic E-state index is 12.9. The highest BCUT2D eigenvalue weighted by Crippen LogP contribution is 2.21. The molecule has 0 atom stereocenters. The highest BCUT2D eigenvalue weighted by atomic mass is 16.1. The zero-order chi connectivity index (χ0) is 17.4. The number of unbranched alkanes of at least 4 members (excludes halogenated alkanes) is 2. The minimum Gasteiger partial charge on any atom is -0.299 e. The van der Waals surface area contributed by atoms with Crippen LogP contribution in [0.25, 0.3) is 10.8 Å². The third kappa shape index (κ3) is 4.78. The number of carbonyl (C=O) groups is 1. The SMILES string of the molecule is C=C(CN(CCCC)CCCC)C(=O)c1cccc2ccccc12. The van der Waals surface area contributed by atoms with E-state index in [1.165, 1.54) is 25.7 Å². The number of rotatable bonds is 10. The van der Waals surface area contributed by atoms with Gasteiger partial charge in [-0.1, -0.05) is 75.7 Å². The summed E-state index contributed by atoms with van der Waals surface area (Å²) in [5, 5.41) is 2.12. The summed E-state index contributed by atoms with van der Waals surface area (Å²) in [4.78, 5) is 15.3. The van der Waals surface area contributed by atoms with Gasteiger partial charge in [-0.15, -0.1) is 0 Å². The Hall–Kier alpha value is -1.93. The summed E-state index contributed by atoms with van der Waals surface area (Å²) in [5.74, 6) is 0.0739. The van der Waals surface area contributed by atoms with Crippen molar-refractivity contribution in [2.24, 2.45) is 0 Å². The Labute approximate surface area is 146 Å². The Morgan fingerprint density at radius 2 is 1.58 bits per heavy atom. The predicted octanol–water partition coefficient (Wildman–Crippen LogP) is 5.48. The molecule has 0 fully saturated rings. The molecule has 2 aromatic carbocycles. The van der Waals surface area contributed by atoms with Crippen LogP contribution in [0.1, 0.15) is 49.9 Å². The molecule has 128 valence electrons. The Bertz CT molecular complexity index is 676. The number of nitrogens with zero attached hydrogens (tertiary/aromatic N) is 1. The van der Waals surface area contributed by atoms with E-state index in [-0.39, 0.29) is 5.78 Å². The van der Waals surface area contributed by atoms with Crippen molar-refractivity contribution in [1.82, 2.24) is 4.90 Å². The Kier molecular flexibility index (Phi) is 7.20. The summed E-state index contributed by atoms with van der Waals surface area (Å²) in [5.41, 5.74) is 1.46. The fourth-order valence-corrected chi connectivity index (χ4v) is 2.99. The lowest BCUT2D eigenvalue weighted by atomic mass is 9.97. The molecule has 0 spiro atoms. The normalized spacial score (nSPS) is 11.1. The molecule has 24 heavy (non-hydrogen) atoms. The molecular weight excluding hydrogens is 294 g/mol. The molecule has 0 aliphatic heterocycles. The van der Waals surface area contributed by atoms with E-state index in [0.29, 0.717) is 12.1 Å². The first-order chi connectivity index (χ1) is 11.7. The van der Waals surface area contributed by atoms with Gasteiger partial charge in [0.2, 0.25) is 0 Å². The van der Waals surface area contributed by atoms with Crippen LogP contribution < -0.4 is 0 Å². The molecule has 2 nitrogen and oxygen atoms in total. The van der Waals surface area contributed by atoms with Crippen molar-refractivity contribution in [1.29, 1.82) is 0 Å². The number of hydrogen-bond acceptors (Lipinski definition) is 2. The quantitative estimate of drug-likeness (QED) is 0.426. The van der Waals surface area contributed by atoms with Gasteiger partial charge in [0.1, 0.15) is 0 Å². The van der Waals surface area contributed by atoms with Gasteiger partial charge in [0, 0.05) is 17.7 Å². The minimum atomic E-state index is 0.0739. The van der Waals surface area contributed by atoms with E-state index in [1.54, 1.807) is 0 Å². The Morgan fingerprint density at radius 3 is 2.25 bits per heavy atom. The van der Waals surface area contributed by atoms with Crippen molar-refractivity contribution in [2.45, 2.75) is 39.5 Å². The van der Waals surface area contributed by atoms with Gasteiger partial charge < -0.3 is 0 Å². The van der Waals surface area contributed by atoms with Crippen LogP contribution in [0.2, 0.25) is 0 Å². The number of Topliss-reactive ketones (excluding diaryl/α,β-unsaturated/α-hetero) is 1. The van der Waals surface area contributed by atoms with Gasteiger partial charge in [-0.2, -0.15) is 0 Å². The molecule has 0 unspecified atom stereocenters. The molecule has 2 aromatic rings. The van der Waals surface area contributed by atoms with E-state index in [0.717, 1.165) is 29.4 Å². The largest absolute Gasteiger partial charge is 0.299 e. The molecule has 0 amide bonds. The monoisotopic (exact) mass is 323 g/mol. The second-order valence-electron chi connectivity index (χ2n) is 6.44. The van der Waals surface area contributed by atoms with Crippen LogP contribution in [0.4, 0.5) is 0 Å². The summed E-state index contributed by atoms with van der Waals surface area (Å²) in [6, 6.07) is 14.0.